The van der Waals surface area contributed by atoms with E-state index >= 15 is 0 Å². The molecular formula is C13H19Cl2NS. The quantitative estimate of drug-likeness (QED) is 0.702. The number of hydrogen-bond donors (Lipinski definition) is 0. The Bertz CT molecular complexity index is 357. The van der Waals surface area contributed by atoms with Crippen LogP contribution in [0.15, 0.2) is 18.2 Å². The second-order valence-corrected chi connectivity index (χ2v) is 5.84. The van der Waals surface area contributed by atoms with Crippen molar-refractivity contribution < 1.29 is 0 Å². The summed E-state index contributed by atoms with van der Waals surface area (Å²) >= 11 is 13.8. The van der Waals surface area contributed by atoms with E-state index in [0.29, 0.717) is 11.9 Å². The van der Waals surface area contributed by atoms with Crippen LogP contribution < -0.4 is 4.90 Å². The second-order valence-electron chi connectivity index (χ2n) is 4.15. The van der Waals surface area contributed by atoms with Gasteiger partial charge in [-0.1, -0.05) is 11.6 Å². The first-order valence-corrected chi connectivity index (χ1v) is 7.97. The maximum atomic E-state index is 5.98. The van der Waals surface area contributed by atoms with Crippen molar-refractivity contribution in [3.8, 4) is 0 Å². The average Bonchev–Trinajstić information content (AvgIpc) is 2.34. The van der Waals surface area contributed by atoms with Gasteiger partial charge in [-0.25, -0.2) is 0 Å². The SMILES string of the molecule is CSCCC(C)N(C)c1ccc(Cl)cc1CCl. The number of rotatable bonds is 6. The van der Waals surface area contributed by atoms with Gasteiger partial charge in [0.05, 0.1) is 0 Å². The van der Waals surface area contributed by atoms with Crippen LogP contribution in [0.5, 0.6) is 0 Å². The number of halogens is 2. The van der Waals surface area contributed by atoms with Crippen molar-refractivity contribution >= 4 is 40.7 Å². The van der Waals surface area contributed by atoms with E-state index in [9.17, 15) is 0 Å². The monoisotopic (exact) mass is 291 g/mol. The number of alkyl halides is 1. The molecule has 1 rings (SSSR count). The Hall–Kier alpha value is -0.0500. The number of anilines is 1. The van der Waals surface area contributed by atoms with E-state index in [1.807, 2.05) is 23.9 Å². The van der Waals surface area contributed by atoms with Gasteiger partial charge in [0, 0.05) is 29.7 Å². The highest BCUT2D eigenvalue weighted by molar-refractivity contribution is 7.98. The van der Waals surface area contributed by atoms with E-state index in [0.717, 1.165) is 10.6 Å². The van der Waals surface area contributed by atoms with Crippen LogP contribution in [0.1, 0.15) is 18.9 Å². The molecule has 0 N–H and O–H groups in total. The molecular weight excluding hydrogens is 273 g/mol. The smallest absolute Gasteiger partial charge is 0.0495 e. The summed E-state index contributed by atoms with van der Waals surface area (Å²) in [6.07, 6.45) is 3.31. The first kappa shape index (κ1) is 15.0. The molecule has 4 heteroatoms. The third kappa shape index (κ3) is 4.27. The normalized spacial score (nSPS) is 12.5. The Labute approximate surface area is 118 Å². The van der Waals surface area contributed by atoms with Gasteiger partial charge < -0.3 is 4.90 Å². The van der Waals surface area contributed by atoms with E-state index in [1.54, 1.807) is 0 Å². The van der Waals surface area contributed by atoms with Crippen LogP contribution in [-0.4, -0.2) is 25.1 Å². The lowest BCUT2D eigenvalue weighted by Gasteiger charge is -2.28. The van der Waals surface area contributed by atoms with E-state index in [2.05, 4.69) is 31.2 Å². The lowest BCUT2D eigenvalue weighted by molar-refractivity contribution is 0.668. The molecule has 1 atom stereocenters. The zero-order valence-corrected chi connectivity index (χ0v) is 12.9. The van der Waals surface area contributed by atoms with Gasteiger partial charge in [-0.05, 0) is 49.1 Å². The highest BCUT2D eigenvalue weighted by Gasteiger charge is 2.13. The lowest BCUT2D eigenvalue weighted by Crippen LogP contribution is -2.30. The lowest BCUT2D eigenvalue weighted by atomic mass is 10.1. The minimum atomic E-state index is 0.496. The molecule has 0 saturated carbocycles. The van der Waals surface area contributed by atoms with Crippen LogP contribution in [0.3, 0.4) is 0 Å². The maximum Gasteiger partial charge on any atom is 0.0495 e. The van der Waals surface area contributed by atoms with Gasteiger partial charge >= 0.3 is 0 Å². The van der Waals surface area contributed by atoms with E-state index < -0.39 is 0 Å². The molecule has 0 bridgehead atoms. The molecule has 1 unspecified atom stereocenters. The predicted molar refractivity (Wildman–Crippen MR) is 81.9 cm³/mol. The summed E-state index contributed by atoms with van der Waals surface area (Å²) in [6, 6.07) is 6.42. The Morgan fingerprint density at radius 3 is 2.71 bits per heavy atom. The van der Waals surface area contributed by atoms with Crippen molar-refractivity contribution in [2.24, 2.45) is 0 Å². The fraction of sp³-hybridized carbons (Fsp3) is 0.538. The second kappa shape index (κ2) is 7.40. The number of hydrogen-bond acceptors (Lipinski definition) is 2. The van der Waals surface area contributed by atoms with Crippen LogP contribution in [-0.2, 0) is 5.88 Å². The third-order valence-electron chi connectivity index (χ3n) is 2.97. The van der Waals surface area contributed by atoms with Gasteiger partial charge in [-0.2, -0.15) is 11.8 Å². The van der Waals surface area contributed by atoms with Crippen LogP contribution in [0.25, 0.3) is 0 Å². The molecule has 1 nitrogen and oxygen atoms in total. The molecule has 0 fully saturated rings. The molecule has 0 heterocycles. The van der Waals surface area contributed by atoms with Gasteiger partial charge in [-0.15, -0.1) is 11.6 Å². The minimum Gasteiger partial charge on any atom is -0.372 e. The fourth-order valence-corrected chi connectivity index (χ4v) is 2.71. The van der Waals surface area contributed by atoms with E-state index in [4.69, 9.17) is 23.2 Å². The van der Waals surface area contributed by atoms with Gasteiger partial charge in [-0.3, -0.25) is 0 Å². The number of thioether (sulfide) groups is 1. The van der Waals surface area contributed by atoms with Gasteiger partial charge in [0.15, 0.2) is 0 Å². The molecule has 0 saturated heterocycles. The molecule has 0 amide bonds. The first-order chi connectivity index (χ1) is 8.10. The fourth-order valence-electron chi connectivity index (χ4n) is 1.72. The Morgan fingerprint density at radius 1 is 1.41 bits per heavy atom. The summed E-state index contributed by atoms with van der Waals surface area (Å²) in [5.74, 6) is 1.67. The largest absolute Gasteiger partial charge is 0.372 e. The molecule has 0 aromatic heterocycles. The summed E-state index contributed by atoms with van der Waals surface area (Å²) in [5.41, 5.74) is 2.27. The molecule has 0 aliphatic rings. The Kier molecular flexibility index (Phi) is 6.53. The standard InChI is InChI=1S/C13H19Cl2NS/c1-10(6-7-17-3)16(2)13-5-4-12(15)8-11(13)9-14/h4-5,8,10H,6-7,9H2,1-3H3. The first-order valence-electron chi connectivity index (χ1n) is 5.66. The van der Waals surface area contributed by atoms with Gasteiger partial charge in [0.2, 0.25) is 0 Å². The van der Waals surface area contributed by atoms with Crippen molar-refractivity contribution in [2.75, 3.05) is 24.0 Å². The summed E-state index contributed by atoms with van der Waals surface area (Å²) < 4.78 is 0. The summed E-state index contributed by atoms with van der Waals surface area (Å²) in [5, 5.41) is 0.745. The Morgan fingerprint density at radius 2 is 2.12 bits per heavy atom. The van der Waals surface area contributed by atoms with Crippen molar-refractivity contribution in [3.05, 3.63) is 28.8 Å². The van der Waals surface area contributed by atoms with Crippen LogP contribution in [0, 0.1) is 0 Å². The molecule has 0 aliphatic carbocycles. The predicted octanol–water partition coefficient (Wildman–Crippen LogP) is 4.66. The van der Waals surface area contributed by atoms with E-state index in [1.165, 1.54) is 17.9 Å². The molecule has 1 aromatic carbocycles. The summed E-state index contributed by atoms with van der Waals surface area (Å²) in [6.45, 7) is 2.24. The van der Waals surface area contributed by atoms with Gasteiger partial charge in [0.1, 0.15) is 0 Å². The molecule has 96 valence electrons. The molecule has 0 aliphatic heterocycles. The molecule has 17 heavy (non-hydrogen) atoms. The number of nitrogens with zero attached hydrogens (tertiary/aromatic N) is 1. The van der Waals surface area contributed by atoms with Crippen LogP contribution in [0.4, 0.5) is 5.69 Å². The van der Waals surface area contributed by atoms with Crippen molar-refractivity contribution in [1.82, 2.24) is 0 Å². The highest BCUT2D eigenvalue weighted by Crippen LogP contribution is 2.27. The summed E-state index contributed by atoms with van der Waals surface area (Å²) in [4.78, 5) is 2.28. The van der Waals surface area contributed by atoms with Crippen molar-refractivity contribution in [3.63, 3.8) is 0 Å². The van der Waals surface area contributed by atoms with Crippen molar-refractivity contribution in [2.45, 2.75) is 25.3 Å². The topological polar surface area (TPSA) is 3.24 Å². The van der Waals surface area contributed by atoms with Gasteiger partial charge in [0.25, 0.3) is 0 Å². The highest BCUT2D eigenvalue weighted by atomic mass is 35.5. The van der Waals surface area contributed by atoms with Crippen molar-refractivity contribution in [1.29, 1.82) is 0 Å². The van der Waals surface area contributed by atoms with Crippen LogP contribution >= 0.6 is 35.0 Å². The van der Waals surface area contributed by atoms with Crippen LogP contribution in [0.2, 0.25) is 5.02 Å². The average molecular weight is 292 g/mol. The number of benzene rings is 1. The minimum absolute atomic E-state index is 0.496. The zero-order valence-electron chi connectivity index (χ0n) is 10.5. The molecule has 0 radical (unpaired) electrons. The molecule has 0 spiro atoms. The van der Waals surface area contributed by atoms with E-state index in [-0.39, 0.29) is 0 Å². The zero-order chi connectivity index (χ0) is 12.8. The molecule has 1 aromatic rings. The Balaban J connectivity index is 2.83. The summed E-state index contributed by atoms with van der Waals surface area (Å²) in [7, 11) is 2.12. The third-order valence-corrected chi connectivity index (χ3v) is 4.13. The maximum absolute atomic E-state index is 5.98.